The molecule has 0 aliphatic heterocycles. The van der Waals surface area contributed by atoms with Crippen molar-refractivity contribution in [2.75, 3.05) is 12.3 Å². The maximum absolute atomic E-state index is 11.7. The number of hydrogen-bond donors (Lipinski definition) is 2. The number of primary sulfonamides is 1. The van der Waals surface area contributed by atoms with Gasteiger partial charge in [-0.1, -0.05) is 0 Å². The molecule has 0 unspecified atom stereocenters. The van der Waals surface area contributed by atoms with Crippen molar-refractivity contribution in [1.82, 2.24) is 4.72 Å². The van der Waals surface area contributed by atoms with E-state index in [-0.39, 0.29) is 22.9 Å². The lowest BCUT2D eigenvalue weighted by Gasteiger charge is -2.03. The molecule has 3 N–H and O–H groups in total. The summed E-state index contributed by atoms with van der Waals surface area (Å²) in [6.45, 7) is 1.86. The highest BCUT2D eigenvalue weighted by atomic mass is 32.2. The minimum absolute atomic E-state index is 0.0513. The Kier molecular flexibility index (Phi) is 4.67. The minimum atomic E-state index is -3.53. The highest BCUT2D eigenvalue weighted by Crippen LogP contribution is 2.19. The van der Waals surface area contributed by atoms with Crippen molar-refractivity contribution < 1.29 is 16.8 Å². The summed E-state index contributed by atoms with van der Waals surface area (Å²) in [5.74, 6) is -0.237. The fourth-order valence-electron chi connectivity index (χ4n) is 1.11. The van der Waals surface area contributed by atoms with Gasteiger partial charge in [-0.25, -0.2) is 26.7 Å². The predicted octanol–water partition coefficient (Wildman–Crippen LogP) is 0.0134. The van der Waals surface area contributed by atoms with E-state index in [2.05, 4.69) is 4.72 Å². The minimum Gasteiger partial charge on any atom is -0.229 e. The summed E-state index contributed by atoms with van der Waals surface area (Å²) in [5, 5.41) is 4.80. The molecule has 0 saturated carbocycles. The van der Waals surface area contributed by atoms with E-state index in [1.54, 1.807) is 6.07 Å². The Balaban J connectivity index is 2.52. The largest absolute Gasteiger partial charge is 0.250 e. The molecule has 0 amide bonds. The fraction of sp³-hybridized carbons (Fsp3) is 0.500. The van der Waals surface area contributed by atoms with Gasteiger partial charge in [-0.2, -0.15) is 0 Å². The van der Waals surface area contributed by atoms with Gasteiger partial charge < -0.3 is 0 Å². The van der Waals surface area contributed by atoms with Crippen molar-refractivity contribution in [1.29, 1.82) is 0 Å². The van der Waals surface area contributed by atoms with Gasteiger partial charge in [0.2, 0.25) is 20.0 Å². The first kappa shape index (κ1) is 14.6. The van der Waals surface area contributed by atoms with Crippen molar-refractivity contribution in [3.05, 3.63) is 17.0 Å². The molecule has 0 radical (unpaired) electrons. The van der Waals surface area contributed by atoms with Gasteiger partial charge in [-0.3, -0.25) is 0 Å². The third kappa shape index (κ3) is 5.13. The Morgan fingerprint density at radius 1 is 1.29 bits per heavy atom. The van der Waals surface area contributed by atoms with Crippen LogP contribution < -0.4 is 9.86 Å². The summed E-state index contributed by atoms with van der Waals surface area (Å²) in [5.41, 5.74) is 0. The van der Waals surface area contributed by atoms with E-state index < -0.39 is 20.0 Å². The molecule has 0 fully saturated rings. The molecule has 17 heavy (non-hydrogen) atoms. The van der Waals surface area contributed by atoms with Gasteiger partial charge in [0, 0.05) is 11.4 Å². The lowest BCUT2D eigenvalue weighted by molar-refractivity contribution is 0.578. The smallest absolute Gasteiger partial charge is 0.229 e. The molecule has 9 heteroatoms. The first-order valence-electron chi connectivity index (χ1n) is 4.77. The molecule has 0 aliphatic rings. The first-order chi connectivity index (χ1) is 7.71. The Morgan fingerprint density at radius 3 is 2.41 bits per heavy atom. The molecule has 0 bridgehead atoms. The molecule has 0 spiro atoms. The summed E-state index contributed by atoms with van der Waals surface area (Å²) < 4.78 is 47.2. The number of nitrogens with one attached hydrogen (secondary N) is 1. The Hall–Kier alpha value is -0.480. The van der Waals surface area contributed by atoms with Gasteiger partial charge in [0.1, 0.15) is 4.21 Å². The van der Waals surface area contributed by atoms with Crippen LogP contribution in [0.1, 0.15) is 11.3 Å². The number of hydrogen-bond acceptors (Lipinski definition) is 5. The van der Waals surface area contributed by atoms with Crippen molar-refractivity contribution in [2.24, 2.45) is 5.14 Å². The molecular weight excluding hydrogens is 284 g/mol. The van der Waals surface area contributed by atoms with Crippen molar-refractivity contribution in [3.8, 4) is 0 Å². The Labute approximate surface area is 105 Å². The summed E-state index contributed by atoms with van der Waals surface area (Å²) in [4.78, 5) is 0.898. The quantitative estimate of drug-likeness (QED) is 0.722. The van der Waals surface area contributed by atoms with E-state index in [1.807, 2.05) is 6.92 Å². The second kappa shape index (κ2) is 5.44. The van der Waals surface area contributed by atoms with E-state index in [0.717, 1.165) is 16.2 Å². The lowest BCUT2D eigenvalue weighted by atomic mass is 10.5. The van der Waals surface area contributed by atoms with Crippen LogP contribution in [0.25, 0.3) is 0 Å². The maximum Gasteiger partial charge on any atom is 0.250 e. The SMILES string of the molecule is Cc1ccc(S(=O)(=O)NCCCS(N)(=O)=O)s1. The maximum atomic E-state index is 11.7. The van der Waals surface area contributed by atoms with Gasteiger partial charge in [0.25, 0.3) is 0 Å². The van der Waals surface area contributed by atoms with Gasteiger partial charge in [-0.15, -0.1) is 11.3 Å². The Bertz CT molecular complexity index is 574. The van der Waals surface area contributed by atoms with Crippen LogP contribution in [0.3, 0.4) is 0 Å². The van der Waals surface area contributed by atoms with E-state index in [9.17, 15) is 16.8 Å². The second-order valence-corrected chi connectivity index (χ2v) is 8.50. The van der Waals surface area contributed by atoms with Crippen LogP contribution in [0.15, 0.2) is 16.3 Å². The highest BCUT2D eigenvalue weighted by molar-refractivity contribution is 7.91. The van der Waals surface area contributed by atoms with Crippen molar-refractivity contribution in [3.63, 3.8) is 0 Å². The zero-order chi connectivity index (χ0) is 13.1. The van der Waals surface area contributed by atoms with Crippen LogP contribution in [0.4, 0.5) is 0 Å². The molecule has 1 heterocycles. The van der Waals surface area contributed by atoms with Crippen molar-refractivity contribution in [2.45, 2.75) is 17.6 Å². The number of nitrogens with two attached hydrogens (primary N) is 1. The molecule has 1 rings (SSSR count). The lowest BCUT2D eigenvalue weighted by Crippen LogP contribution is -2.27. The third-order valence-electron chi connectivity index (χ3n) is 1.88. The van der Waals surface area contributed by atoms with E-state index in [1.165, 1.54) is 6.07 Å². The van der Waals surface area contributed by atoms with Crippen LogP contribution in [0.5, 0.6) is 0 Å². The zero-order valence-corrected chi connectivity index (χ0v) is 11.7. The molecule has 1 aromatic heterocycles. The summed E-state index contributed by atoms with van der Waals surface area (Å²) in [6.07, 6.45) is 0.155. The van der Waals surface area contributed by atoms with Crippen molar-refractivity contribution >= 4 is 31.4 Å². The predicted molar refractivity (Wildman–Crippen MR) is 66.8 cm³/mol. The molecule has 0 atom stereocenters. The average molecular weight is 298 g/mol. The zero-order valence-electron chi connectivity index (χ0n) is 9.21. The van der Waals surface area contributed by atoms with Crippen LogP contribution in [0.2, 0.25) is 0 Å². The number of rotatable bonds is 6. The number of thiophene rings is 1. The van der Waals surface area contributed by atoms with Gasteiger partial charge >= 0.3 is 0 Å². The molecule has 6 nitrogen and oxygen atoms in total. The summed E-state index contributed by atoms with van der Waals surface area (Å²) in [6, 6.07) is 3.23. The van der Waals surface area contributed by atoms with Crippen LogP contribution in [-0.2, 0) is 20.0 Å². The fourth-order valence-corrected chi connectivity index (χ4v) is 4.06. The second-order valence-electron chi connectivity index (χ2n) is 3.48. The van der Waals surface area contributed by atoms with Crippen LogP contribution >= 0.6 is 11.3 Å². The molecule has 1 aromatic rings. The molecule has 98 valence electrons. The molecule has 0 saturated heterocycles. The van der Waals surface area contributed by atoms with Crippen LogP contribution in [0, 0.1) is 6.92 Å². The van der Waals surface area contributed by atoms with Gasteiger partial charge in [0.05, 0.1) is 5.75 Å². The van der Waals surface area contributed by atoms with E-state index >= 15 is 0 Å². The summed E-state index contributed by atoms with van der Waals surface area (Å²) in [7, 11) is -7.06. The van der Waals surface area contributed by atoms with Gasteiger partial charge in [-0.05, 0) is 25.5 Å². The highest BCUT2D eigenvalue weighted by Gasteiger charge is 2.15. The van der Waals surface area contributed by atoms with Gasteiger partial charge in [0.15, 0.2) is 0 Å². The van der Waals surface area contributed by atoms with E-state index in [4.69, 9.17) is 5.14 Å². The topological polar surface area (TPSA) is 106 Å². The third-order valence-corrected chi connectivity index (χ3v) is 5.69. The average Bonchev–Trinajstić information content (AvgIpc) is 2.59. The van der Waals surface area contributed by atoms with E-state index in [0.29, 0.717) is 0 Å². The standard InChI is InChI=1S/C8H14N2O4S3/c1-7-3-4-8(15-7)17(13,14)10-5-2-6-16(9,11)12/h3-4,10H,2,5-6H2,1H3,(H2,9,11,12). The monoisotopic (exact) mass is 298 g/mol. The van der Waals surface area contributed by atoms with Crippen LogP contribution in [-0.4, -0.2) is 29.1 Å². The number of aryl methyl sites for hydroxylation is 1. The first-order valence-corrected chi connectivity index (χ1v) is 8.79. The number of sulfonamides is 2. The molecule has 0 aliphatic carbocycles. The normalized spacial score (nSPS) is 12.8. The molecular formula is C8H14N2O4S3. The Morgan fingerprint density at radius 2 is 1.94 bits per heavy atom. The summed E-state index contributed by atoms with van der Waals surface area (Å²) >= 11 is 1.16. The molecule has 0 aromatic carbocycles.